The molecule has 0 radical (unpaired) electrons. The standard InChI is InChI=1S/C38H45ClN6O6/c1-21(2)41-35(47)27-13-15-29(30(39)18-27)25-9-5-23(6-10-25)17-33(36(48)42-28-14-16-31-32(19-28)45-37(49)44-31)43-34(46)26-11-7-24(8-12-26)20-40-38(50)51-22(3)4/h5-6,9-10,13-16,18-19,21-22,24,26,33H,7-8,11-12,17,20H2,1-4H3,(H,40,50)(H,41,47)(H,42,48)(H,43,46)(H2,44,45,49)/t24?,26?,33-/m0/s1. The van der Waals surface area contributed by atoms with Crippen molar-refractivity contribution < 1.29 is 23.9 Å². The van der Waals surface area contributed by atoms with Crippen molar-refractivity contribution >= 4 is 52.1 Å². The molecule has 5 rings (SSSR count). The van der Waals surface area contributed by atoms with E-state index in [4.69, 9.17) is 16.3 Å². The third-order valence-electron chi connectivity index (χ3n) is 8.87. The molecular formula is C38H45ClN6O6. The highest BCUT2D eigenvalue weighted by Crippen LogP contribution is 2.31. The van der Waals surface area contributed by atoms with Crippen LogP contribution in [0.5, 0.6) is 0 Å². The summed E-state index contributed by atoms with van der Waals surface area (Å²) in [4.78, 5) is 68.8. The average molecular weight is 717 g/mol. The second kappa shape index (κ2) is 16.7. The molecule has 1 aliphatic carbocycles. The molecule has 6 N–H and O–H groups in total. The number of amides is 4. The summed E-state index contributed by atoms with van der Waals surface area (Å²) in [5.74, 6) is -0.825. The number of H-pyrrole nitrogens is 2. The predicted molar refractivity (Wildman–Crippen MR) is 198 cm³/mol. The first-order chi connectivity index (χ1) is 24.3. The van der Waals surface area contributed by atoms with E-state index in [9.17, 15) is 24.0 Å². The van der Waals surface area contributed by atoms with Crippen molar-refractivity contribution in [1.29, 1.82) is 0 Å². The fourth-order valence-corrected chi connectivity index (χ4v) is 6.53. The lowest BCUT2D eigenvalue weighted by atomic mass is 9.81. The van der Waals surface area contributed by atoms with Crippen molar-refractivity contribution in [2.45, 2.75) is 78.0 Å². The summed E-state index contributed by atoms with van der Waals surface area (Å²) >= 11 is 6.59. The Hall–Kier alpha value is -5.10. The van der Waals surface area contributed by atoms with Gasteiger partial charge in [0.25, 0.3) is 5.91 Å². The molecule has 1 aromatic heterocycles. The van der Waals surface area contributed by atoms with Crippen LogP contribution in [0, 0.1) is 11.8 Å². The summed E-state index contributed by atoms with van der Waals surface area (Å²) in [5.41, 5.74) is 4.16. The van der Waals surface area contributed by atoms with Gasteiger partial charge in [-0.1, -0.05) is 41.9 Å². The minimum Gasteiger partial charge on any atom is -0.447 e. The molecule has 0 unspecified atom stereocenters. The van der Waals surface area contributed by atoms with Crippen molar-refractivity contribution in [2.75, 3.05) is 11.9 Å². The summed E-state index contributed by atoms with van der Waals surface area (Å²) in [6.45, 7) is 7.85. The van der Waals surface area contributed by atoms with E-state index in [1.54, 1.807) is 50.2 Å². The van der Waals surface area contributed by atoms with Gasteiger partial charge in [0, 0.05) is 46.8 Å². The number of rotatable bonds is 12. The first-order valence-electron chi connectivity index (χ1n) is 17.3. The van der Waals surface area contributed by atoms with Gasteiger partial charge >= 0.3 is 11.8 Å². The number of aromatic amines is 2. The maximum absolute atomic E-state index is 13.7. The number of carbonyl (C=O) groups is 4. The van der Waals surface area contributed by atoms with Gasteiger partial charge in [-0.2, -0.15) is 0 Å². The topological polar surface area (TPSA) is 174 Å². The Bertz CT molecular complexity index is 1930. The number of anilines is 1. The van der Waals surface area contributed by atoms with Gasteiger partial charge in [0.2, 0.25) is 11.8 Å². The van der Waals surface area contributed by atoms with Crippen LogP contribution in [0.15, 0.2) is 65.5 Å². The average Bonchev–Trinajstić information content (AvgIpc) is 3.46. The van der Waals surface area contributed by atoms with E-state index < -0.39 is 18.0 Å². The molecule has 0 saturated heterocycles. The SMILES string of the molecule is CC(C)NC(=O)c1ccc(-c2ccc(C[C@H](NC(=O)C3CCC(CNC(=O)OC(C)C)CC3)C(=O)Nc3ccc4[nH]c(=O)[nH]c4c3)cc2)c(Cl)c1. The van der Waals surface area contributed by atoms with E-state index in [2.05, 4.69) is 31.2 Å². The third-order valence-corrected chi connectivity index (χ3v) is 9.18. The highest BCUT2D eigenvalue weighted by atomic mass is 35.5. The predicted octanol–water partition coefficient (Wildman–Crippen LogP) is 5.92. The molecule has 0 spiro atoms. The van der Waals surface area contributed by atoms with E-state index in [-0.39, 0.29) is 47.9 Å². The molecule has 0 bridgehead atoms. The Kier molecular flexibility index (Phi) is 12.2. The lowest BCUT2D eigenvalue weighted by molar-refractivity contribution is -0.130. The first-order valence-corrected chi connectivity index (χ1v) is 17.7. The first kappa shape index (κ1) is 37.2. The van der Waals surface area contributed by atoms with Gasteiger partial charge in [-0.3, -0.25) is 14.4 Å². The summed E-state index contributed by atoms with van der Waals surface area (Å²) in [7, 11) is 0. The number of fused-ring (bicyclic) bond motifs is 1. The van der Waals surface area contributed by atoms with Gasteiger partial charge in [-0.15, -0.1) is 0 Å². The number of nitrogens with one attached hydrogen (secondary N) is 6. The second-order valence-electron chi connectivity index (χ2n) is 13.7. The van der Waals surface area contributed by atoms with Crippen molar-refractivity contribution in [1.82, 2.24) is 25.9 Å². The fraction of sp³-hybridized carbons (Fsp3) is 0.395. The number of halogens is 1. The Morgan fingerprint density at radius 2 is 1.57 bits per heavy atom. The number of aromatic nitrogens is 2. The number of alkyl carbamates (subject to hydrolysis) is 1. The molecule has 1 saturated carbocycles. The minimum atomic E-state index is -0.892. The monoisotopic (exact) mass is 716 g/mol. The highest BCUT2D eigenvalue weighted by molar-refractivity contribution is 6.33. The number of hydrogen-bond acceptors (Lipinski definition) is 6. The summed E-state index contributed by atoms with van der Waals surface area (Å²) in [6.07, 6.45) is 2.38. The molecule has 1 atom stereocenters. The van der Waals surface area contributed by atoms with Crippen LogP contribution in [0.3, 0.4) is 0 Å². The van der Waals surface area contributed by atoms with Gasteiger partial charge in [0.05, 0.1) is 17.1 Å². The van der Waals surface area contributed by atoms with Crippen molar-refractivity contribution in [2.24, 2.45) is 11.8 Å². The highest BCUT2D eigenvalue weighted by Gasteiger charge is 2.30. The second-order valence-corrected chi connectivity index (χ2v) is 14.1. The molecule has 4 aromatic rings. The van der Waals surface area contributed by atoms with Gasteiger partial charge in [0.1, 0.15) is 6.04 Å². The molecule has 51 heavy (non-hydrogen) atoms. The molecule has 0 aliphatic heterocycles. The third kappa shape index (κ3) is 10.2. The van der Waals surface area contributed by atoms with Crippen LogP contribution in [0.4, 0.5) is 10.5 Å². The van der Waals surface area contributed by atoms with E-state index in [1.807, 2.05) is 38.1 Å². The number of ether oxygens (including phenoxy) is 1. The quantitative estimate of drug-likeness (QED) is 0.106. The van der Waals surface area contributed by atoms with Crippen LogP contribution >= 0.6 is 11.6 Å². The van der Waals surface area contributed by atoms with Gasteiger partial charge < -0.3 is 36.0 Å². The van der Waals surface area contributed by atoms with Crippen LogP contribution in [-0.4, -0.2) is 58.5 Å². The van der Waals surface area contributed by atoms with Crippen LogP contribution in [0.2, 0.25) is 5.02 Å². The smallest absolute Gasteiger partial charge is 0.407 e. The summed E-state index contributed by atoms with van der Waals surface area (Å²) < 4.78 is 5.15. The maximum atomic E-state index is 13.7. The molecule has 1 fully saturated rings. The van der Waals surface area contributed by atoms with E-state index in [1.165, 1.54) is 0 Å². The molecule has 4 amide bonds. The van der Waals surface area contributed by atoms with E-state index in [0.717, 1.165) is 29.5 Å². The molecule has 270 valence electrons. The van der Waals surface area contributed by atoms with Gasteiger partial charge in [-0.25, -0.2) is 9.59 Å². The maximum Gasteiger partial charge on any atom is 0.407 e. The van der Waals surface area contributed by atoms with Crippen LogP contribution in [0.25, 0.3) is 22.2 Å². The zero-order valence-corrected chi connectivity index (χ0v) is 30.0. The Labute approximate surface area is 301 Å². The van der Waals surface area contributed by atoms with Crippen LogP contribution < -0.4 is 27.0 Å². The molecule has 13 heteroatoms. The van der Waals surface area contributed by atoms with Crippen LogP contribution in [0.1, 0.15) is 69.3 Å². The lowest BCUT2D eigenvalue weighted by Crippen LogP contribution is -2.48. The van der Waals surface area contributed by atoms with Crippen molar-refractivity contribution in [3.8, 4) is 11.1 Å². The Morgan fingerprint density at radius 3 is 2.24 bits per heavy atom. The normalized spacial score (nSPS) is 16.5. The summed E-state index contributed by atoms with van der Waals surface area (Å²) in [6, 6.07) is 16.9. The van der Waals surface area contributed by atoms with E-state index in [0.29, 0.717) is 46.7 Å². The zero-order valence-electron chi connectivity index (χ0n) is 29.2. The molecular weight excluding hydrogens is 672 g/mol. The van der Waals surface area contributed by atoms with Gasteiger partial charge in [0.15, 0.2) is 0 Å². The van der Waals surface area contributed by atoms with Gasteiger partial charge in [-0.05, 0) is 101 Å². The number of benzene rings is 3. The summed E-state index contributed by atoms with van der Waals surface area (Å²) in [5, 5.41) is 12.0. The number of imidazole rings is 1. The molecule has 1 aliphatic rings. The Morgan fingerprint density at radius 1 is 0.863 bits per heavy atom. The van der Waals surface area contributed by atoms with Crippen molar-refractivity contribution in [3.63, 3.8) is 0 Å². The molecule has 1 heterocycles. The number of hydrogen-bond donors (Lipinski definition) is 6. The largest absolute Gasteiger partial charge is 0.447 e. The molecule has 12 nitrogen and oxygen atoms in total. The number of carbonyl (C=O) groups excluding carboxylic acids is 4. The lowest BCUT2D eigenvalue weighted by Gasteiger charge is -2.29. The van der Waals surface area contributed by atoms with Crippen LogP contribution in [-0.2, 0) is 20.7 Å². The minimum absolute atomic E-state index is 0.00149. The van der Waals surface area contributed by atoms with E-state index >= 15 is 0 Å². The fourth-order valence-electron chi connectivity index (χ4n) is 6.24. The molecule has 3 aromatic carbocycles. The zero-order chi connectivity index (χ0) is 36.7. The Balaban J connectivity index is 1.27. The van der Waals surface area contributed by atoms with Crippen molar-refractivity contribution in [3.05, 3.63) is 87.3 Å².